The van der Waals surface area contributed by atoms with Crippen LogP contribution in [0.25, 0.3) is 0 Å². The molecule has 0 spiro atoms. The predicted octanol–water partition coefficient (Wildman–Crippen LogP) is 2.47. The third kappa shape index (κ3) is 6.30. The Morgan fingerprint density at radius 3 is 2.40 bits per heavy atom. The average Bonchev–Trinajstić information content (AvgIpc) is 2.56. The summed E-state index contributed by atoms with van der Waals surface area (Å²) in [5, 5.41) is 5.81. The van der Waals surface area contributed by atoms with Crippen LogP contribution in [0.3, 0.4) is 0 Å². The van der Waals surface area contributed by atoms with Crippen molar-refractivity contribution in [3.63, 3.8) is 0 Å². The van der Waals surface area contributed by atoms with Crippen LogP contribution >= 0.6 is 12.4 Å². The molecule has 6 nitrogen and oxygen atoms in total. The second-order valence-corrected chi connectivity index (χ2v) is 6.56. The molecule has 0 aliphatic carbocycles. The first-order valence-electron chi connectivity index (χ1n) is 8.51. The fourth-order valence-electron chi connectivity index (χ4n) is 2.72. The highest BCUT2D eigenvalue weighted by Gasteiger charge is 2.27. The first-order chi connectivity index (χ1) is 11.4. The van der Waals surface area contributed by atoms with Crippen LogP contribution in [0.4, 0.5) is 5.69 Å². The van der Waals surface area contributed by atoms with Gasteiger partial charge in [-0.2, -0.15) is 0 Å². The summed E-state index contributed by atoms with van der Waals surface area (Å²) in [6.07, 6.45) is 3.13. The number of carbonyl (C=O) groups excluding carboxylic acids is 2. The summed E-state index contributed by atoms with van der Waals surface area (Å²) in [5.41, 5.74) is 6.33. The van der Waals surface area contributed by atoms with Crippen LogP contribution in [0, 0.1) is 0 Å². The molecule has 1 saturated heterocycles. The molecule has 1 aromatic rings. The highest BCUT2D eigenvalue weighted by molar-refractivity contribution is 5.98. The molecular weight excluding hydrogens is 342 g/mol. The molecule has 0 aromatic heterocycles. The van der Waals surface area contributed by atoms with Crippen LogP contribution in [-0.4, -0.2) is 36.6 Å². The molecule has 1 aliphatic heterocycles. The monoisotopic (exact) mass is 369 g/mol. The zero-order valence-electron chi connectivity index (χ0n) is 14.8. The highest BCUT2D eigenvalue weighted by Crippen LogP contribution is 2.15. The molecule has 0 bridgehead atoms. The van der Waals surface area contributed by atoms with E-state index in [1.807, 2.05) is 6.92 Å². The molecule has 25 heavy (non-hydrogen) atoms. The normalized spacial score (nSPS) is 17.1. The predicted molar refractivity (Wildman–Crippen MR) is 101 cm³/mol. The van der Waals surface area contributed by atoms with Gasteiger partial charge in [0.25, 0.3) is 5.91 Å². The van der Waals surface area contributed by atoms with Gasteiger partial charge in [-0.05, 0) is 50.5 Å². The van der Waals surface area contributed by atoms with E-state index in [2.05, 4.69) is 10.6 Å². The molecular formula is C18H28ClN3O3. The summed E-state index contributed by atoms with van der Waals surface area (Å²) in [6.45, 7) is 5.09. The molecule has 1 heterocycles. The Balaban J connectivity index is 0.00000312. The molecule has 1 aliphatic rings. The topological polar surface area (TPSA) is 93.5 Å². The van der Waals surface area contributed by atoms with E-state index in [9.17, 15) is 9.59 Å². The third-order valence-electron chi connectivity index (χ3n) is 4.25. The molecule has 0 saturated carbocycles. The number of anilines is 1. The van der Waals surface area contributed by atoms with Gasteiger partial charge in [0.2, 0.25) is 5.91 Å². The smallest absolute Gasteiger partial charge is 0.251 e. The lowest BCUT2D eigenvalue weighted by molar-refractivity contribution is -0.120. The van der Waals surface area contributed by atoms with Crippen LogP contribution in [0.15, 0.2) is 24.3 Å². The largest absolute Gasteiger partial charge is 0.381 e. The molecule has 2 amide bonds. The highest BCUT2D eigenvalue weighted by atomic mass is 35.5. The Bertz CT molecular complexity index is 569. The summed E-state index contributed by atoms with van der Waals surface area (Å²) < 4.78 is 5.28. The maximum absolute atomic E-state index is 12.2. The van der Waals surface area contributed by atoms with Gasteiger partial charge in [-0.1, -0.05) is 13.3 Å². The van der Waals surface area contributed by atoms with Gasteiger partial charge in [0, 0.05) is 30.5 Å². The van der Waals surface area contributed by atoms with Crippen molar-refractivity contribution in [1.29, 1.82) is 0 Å². The molecule has 1 aromatic carbocycles. The summed E-state index contributed by atoms with van der Waals surface area (Å²) in [5.74, 6) is -0.321. The average molecular weight is 370 g/mol. The van der Waals surface area contributed by atoms with Crippen molar-refractivity contribution in [2.45, 2.75) is 51.1 Å². The van der Waals surface area contributed by atoms with Crippen molar-refractivity contribution in [1.82, 2.24) is 5.32 Å². The van der Waals surface area contributed by atoms with Gasteiger partial charge in [-0.25, -0.2) is 0 Å². The second-order valence-electron chi connectivity index (χ2n) is 6.56. The number of hydrogen-bond donors (Lipinski definition) is 3. The van der Waals surface area contributed by atoms with Crippen molar-refractivity contribution in [3.8, 4) is 0 Å². The quantitative estimate of drug-likeness (QED) is 0.718. The first-order valence-corrected chi connectivity index (χ1v) is 8.51. The number of ether oxygens (including phenoxy) is 1. The standard InChI is InChI=1S/C18H27N3O3.ClH/c1-3-10-18(2,19)17(23)21-14-6-4-13(5-7-14)16(22)20-15-8-11-24-12-9-15;/h4-7,15H,3,8-12,19H2,1-2H3,(H,20,22)(H,21,23);1H. The van der Waals surface area contributed by atoms with Crippen molar-refractivity contribution >= 4 is 29.9 Å². The van der Waals surface area contributed by atoms with Crippen LogP contribution in [0.5, 0.6) is 0 Å². The fourth-order valence-corrected chi connectivity index (χ4v) is 2.72. The lowest BCUT2D eigenvalue weighted by atomic mass is 9.96. The van der Waals surface area contributed by atoms with Gasteiger partial charge in [-0.15, -0.1) is 12.4 Å². The van der Waals surface area contributed by atoms with E-state index in [0.717, 1.165) is 19.3 Å². The second kappa shape index (κ2) is 9.75. The van der Waals surface area contributed by atoms with Crippen molar-refractivity contribution < 1.29 is 14.3 Å². The summed E-state index contributed by atoms with van der Waals surface area (Å²) in [7, 11) is 0. The van der Waals surface area contributed by atoms with E-state index >= 15 is 0 Å². The third-order valence-corrected chi connectivity index (χ3v) is 4.25. The van der Waals surface area contributed by atoms with Gasteiger partial charge in [0.15, 0.2) is 0 Å². The molecule has 140 valence electrons. The minimum absolute atomic E-state index is 0. The van der Waals surface area contributed by atoms with E-state index in [4.69, 9.17) is 10.5 Å². The lowest BCUT2D eigenvalue weighted by Crippen LogP contribution is -2.48. The SMILES string of the molecule is CCCC(C)(N)C(=O)Nc1ccc(C(=O)NC2CCOCC2)cc1.Cl. The van der Waals surface area contributed by atoms with Crippen molar-refractivity contribution in [2.75, 3.05) is 18.5 Å². The zero-order chi connectivity index (χ0) is 17.6. The Morgan fingerprint density at radius 1 is 1.24 bits per heavy atom. The van der Waals surface area contributed by atoms with Crippen LogP contribution in [0.1, 0.15) is 49.9 Å². The van der Waals surface area contributed by atoms with Crippen LogP contribution < -0.4 is 16.4 Å². The molecule has 4 N–H and O–H groups in total. The van der Waals surface area contributed by atoms with Crippen LogP contribution in [-0.2, 0) is 9.53 Å². The number of carbonyl (C=O) groups is 2. The number of amides is 2. The van der Waals surface area contributed by atoms with Gasteiger partial charge < -0.3 is 21.1 Å². The van der Waals surface area contributed by atoms with E-state index in [1.54, 1.807) is 31.2 Å². The van der Waals surface area contributed by atoms with Crippen molar-refractivity contribution in [2.24, 2.45) is 5.73 Å². The minimum Gasteiger partial charge on any atom is -0.381 e. The Morgan fingerprint density at radius 2 is 1.84 bits per heavy atom. The Labute approximate surface area is 155 Å². The van der Waals surface area contributed by atoms with E-state index in [-0.39, 0.29) is 30.3 Å². The number of nitrogens with two attached hydrogens (primary N) is 1. The zero-order valence-corrected chi connectivity index (χ0v) is 15.7. The number of rotatable bonds is 6. The molecule has 2 rings (SSSR count). The lowest BCUT2D eigenvalue weighted by Gasteiger charge is -2.23. The number of nitrogens with one attached hydrogen (secondary N) is 2. The van der Waals surface area contributed by atoms with Gasteiger partial charge in [0.1, 0.15) is 0 Å². The molecule has 1 unspecified atom stereocenters. The number of halogens is 1. The Kier molecular flexibility index (Phi) is 8.35. The fraction of sp³-hybridized carbons (Fsp3) is 0.556. The van der Waals surface area contributed by atoms with E-state index in [0.29, 0.717) is 30.9 Å². The minimum atomic E-state index is -0.895. The molecule has 1 atom stereocenters. The molecule has 1 fully saturated rings. The Hall–Kier alpha value is -1.63. The summed E-state index contributed by atoms with van der Waals surface area (Å²) >= 11 is 0. The van der Waals surface area contributed by atoms with Gasteiger partial charge in [-0.3, -0.25) is 9.59 Å². The maximum atomic E-state index is 12.2. The molecule has 0 radical (unpaired) electrons. The van der Waals surface area contributed by atoms with Crippen LogP contribution in [0.2, 0.25) is 0 Å². The number of benzene rings is 1. The molecule has 7 heteroatoms. The van der Waals surface area contributed by atoms with E-state index in [1.165, 1.54) is 0 Å². The van der Waals surface area contributed by atoms with Gasteiger partial charge in [0.05, 0.1) is 5.54 Å². The summed E-state index contributed by atoms with van der Waals surface area (Å²) in [6, 6.07) is 7.02. The number of hydrogen-bond acceptors (Lipinski definition) is 4. The summed E-state index contributed by atoms with van der Waals surface area (Å²) in [4.78, 5) is 24.4. The first kappa shape index (κ1) is 21.4. The van der Waals surface area contributed by atoms with Gasteiger partial charge >= 0.3 is 0 Å². The maximum Gasteiger partial charge on any atom is 0.251 e. The van der Waals surface area contributed by atoms with E-state index < -0.39 is 5.54 Å². The van der Waals surface area contributed by atoms with Crippen molar-refractivity contribution in [3.05, 3.63) is 29.8 Å².